The van der Waals surface area contributed by atoms with Crippen molar-refractivity contribution in [2.45, 2.75) is 13.0 Å². The molecule has 16 heavy (non-hydrogen) atoms. The van der Waals surface area contributed by atoms with E-state index in [2.05, 4.69) is 26.2 Å². The highest BCUT2D eigenvalue weighted by molar-refractivity contribution is 9.10. The molecule has 2 rings (SSSR count). The fraction of sp³-hybridized carbons (Fsp3) is 0.364. The summed E-state index contributed by atoms with van der Waals surface area (Å²) in [6.07, 6.45) is 4.64. The highest BCUT2D eigenvalue weighted by Gasteiger charge is 2.00. The summed E-state index contributed by atoms with van der Waals surface area (Å²) in [5, 5.41) is 3.33. The fourth-order valence-electron chi connectivity index (χ4n) is 1.46. The van der Waals surface area contributed by atoms with Crippen molar-refractivity contribution in [2.24, 2.45) is 7.05 Å². The molecule has 0 radical (unpaired) electrons. The SMILES string of the molecule is Cn1ccnc1CNCCc1ccc(Br)o1. The van der Waals surface area contributed by atoms with Gasteiger partial charge < -0.3 is 14.3 Å². The molecule has 0 bridgehead atoms. The predicted octanol–water partition coefficient (Wildman–Crippen LogP) is 2.11. The van der Waals surface area contributed by atoms with Crippen molar-refractivity contribution in [3.05, 3.63) is 40.8 Å². The smallest absolute Gasteiger partial charge is 0.169 e. The molecule has 0 aliphatic rings. The molecule has 0 aliphatic carbocycles. The van der Waals surface area contributed by atoms with Crippen molar-refractivity contribution in [2.75, 3.05) is 6.54 Å². The molecule has 2 aromatic rings. The molecule has 0 aliphatic heterocycles. The van der Waals surface area contributed by atoms with E-state index in [9.17, 15) is 0 Å². The van der Waals surface area contributed by atoms with E-state index < -0.39 is 0 Å². The van der Waals surface area contributed by atoms with Crippen molar-refractivity contribution in [1.82, 2.24) is 14.9 Å². The number of aryl methyl sites for hydroxylation is 1. The summed E-state index contributed by atoms with van der Waals surface area (Å²) in [5.41, 5.74) is 0. The molecule has 0 aromatic carbocycles. The largest absolute Gasteiger partial charge is 0.454 e. The minimum Gasteiger partial charge on any atom is -0.454 e. The Hall–Kier alpha value is -1.07. The van der Waals surface area contributed by atoms with Crippen LogP contribution in [0.2, 0.25) is 0 Å². The van der Waals surface area contributed by atoms with Crippen molar-refractivity contribution in [3.8, 4) is 0 Å². The number of furan rings is 1. The van der Waals surface area contributed by atoms with Gasteiger partial charge in [-0.3, -0.25) is 0 Å². The quantitative estimate of drug-likeness (QED) is 0.855. The van der Waals surface area contributed by atoms with E-state index >= 15 is 0 Å². The van der Waals surface area contributed by atoms with Crippen molar-refractivity contribution in [1.29, 1.82) is 0 Å². The van der Waals surface area contributed by atoms with Gasteiger partial charge in [-0.2, -0.15) is 0 Å². The van der Waals surface area contributed by atoms with Gasteiger partial charge in [0.25, 0.3) is 0 Å². The second-order valence-corrected chi connectivity index (χ2v) is 4.37. The summed E-state index contributed by atoms with van der Waals surface area (Å²) in [4.78, 5) is 4.23. The van der Waals surface area contributed by atoms with Crippen LogP contribution in [0.25, 0.3) is 0 Å². The molecule has 0 saturated carbocycles. The summed E-state index contributed by atoms with van der Waals surface area (Å²) >= 11 is 3.28. The number of halogens is 1. The molecule has 0 saturated heterocycles. The Labute approximate surface area is 103 Å². The first-order valence-electron chi connectivity index (χ1n) is 5.17. The van der Waals surface area contributed by atoms with Gasteiger partial charge in [-0.05, 0) is 28.1 Å². The maximum Gasteiger partial charge on any atom is 0.169 e. The minimum absolute atomic E-state index is 0.783. The Morgan fingerprint density at radius 1 is 1.50 bits per heavy atom. The zero-order chi connectivity index (χ0) is 11.4. The van der Waals surface area contributed by atoms with Crippen LogP contribution in [0.5, 0.6) is 0 Å². The first kappa shape index (κ1) is 11.4. The maximum absolute atomic E-state index is 5.40. The molecule has 2 heterocycles. The molecule has 5 heteroatoms. The van der Waals surface area contributed by atoms with E-state index in [1.54, 1.807) is 6.20 Å². The lowest BCUT2D eigenvalue weighted by Gasteiger charge is -2.03. The zero-order valence-electron chi connectivity index (χ0n) is 9.11. The van der Waals surface area contributed by atoms with Crippen LogP contribution in [0.1, 0.15) is 11.6 Å². The Kier molecular flexibility index (Phi) is 3.79. The first-order valence-corrected chi connectivity index (χ1v) is 5.96. The molecule has 1 N–H and O–H groups in total. The van der Waals surface area contributed by atoms with E-state index in [4.69, 9.17) is 4.42 Å². The molecular formula is C11H14BrN3O. The Bertz CT molecular complexity index is 450. The van der Waals surface area contributed by atoms with Gasteiger partial charge in [0.05, 0.1) is 6.54 Å². The summed E-state index contributed by atoms with van der Waals surface area (Å²) in [7, 11) is 1.99. The number of nitrogens with zero attached hydrogens (tertiary/aromatic N) is 2. The number of hydrogen-bond acceptors (Lipinski definition) is 3. The summed E-state index contributed by atoms with van der Waals surface area (Å²) in [5.74, 6) is 2.03. The molecule has 86 valence electrons. The van der Waals surface area contributed by atoms with E-state index in [1.807, 2.05) is 29.9 Å². The minimum atomic E-state index is 0.783. The number of hydrogen-bond donors (Lipinski definition) is 1. The normalized spacial score (nSPS) is 10.9. The third-order valence-electron chi connectivity index (χ3n) is 2.38. The highest BCUT2D eigenvalue weighted by Crippen LogP contribution is 2.13. The lowest BCUT2D eigenvalue weighted by atomic mass is 10.3. The van der Waals surface area contributed by atoms with Crippen LogP contribution in [0.15, 0.2) is 33.6 Å². The molecule has 0 atom stereocenters. The zero-order valence-corrected chi connectivity index (χ0v) is 10.7. The number of nitrogens with one attached hydrogen (secondary N) is 1. The second kappa shape index (κ2) is 5.32. The molecule has 0 fully saturated rings. The monoisotopic (exact) mass is 283 g/mol. The standard InChI is InChI=1S/C11H14BrN3O/c1-15-7-6-14-11(15)8-13-5-4-9-2-3-10(12)16-9/h2-3,6-7,13H,4-5,8H2,1H3. The van der Waals surface area contributed by atoms with Gasteiger partial charge in [-0.15, -0.1) is 0 Å². The van der Waals surface area contributed by atoms with Gasteiger partial charge >= 0.3 is 0 Å². The molecule has 0 amide bonds. The van der Waals surface area contributed by atoms with Crippen LogP contribution in [0.3, 0.4) is 0 Å². The van der Waals surface area contributed by atoms with Crippen molar-refractivity contribution in [3.63, 3.8) is 0 Å². The molecule has 4 nitrogen and oxygen atoms in total. The van der Waals surface area contributed by atoms with E-state index in [0.29, 0.717) is 0 Å². The van der Waals surface area contributed by atoms with Crippen LogP contribution in [-0.2, 0) is 20.0 Å². The summed E-state index contributed by atoms with van der Waals surface area (Å²) in [6.45, 7) is 1.66. The van der Waals surface area contributed by atoms with Gasteiger partial charge in [0.15, 0.2) is 4.67 Å². The topological polar surface area (TPSA) is 43.0 Å². The van der Waals surface area contributed by atoms with Gasteiger partial charge in [0, 0.05) is 32.4 Å². The molecule has 0 spiro atoms. The first-order chi connectivity index (χ1) is 7.75. The Morgan fingerprint density at radius 3 is 3.00 bits per heavy atom. The van der Waals surface area contributed by atoms with Gasteiger partial charge in [0.1, 0.15) is 11.6 Å². The van der Waals surface area contributed by atoms with E-state index in [-0.39, 0.29) is 0 Å². The summed E-state index contributed by atoms with van der Waals surface area (Å²) < 4.78 is 8.19. The molecule has 2 aromatic heterocycles. The van der Waals surface area contributed by atoms with Crippen molar-refractivity contribution < 1.29 is 4.42 Å². The van der Waals surface area contributed by atoms with Crippen LogP contribution in [0, 0.1) is 0 Å². The molecular weight excluding hydrogens is 270 g/mol. The number of aromatic nitrogens is 2. The van der Waals surface area contributed by atoms with Crippen molar-refractivity contribution >= 4 is 15.9 Å². The van der Waals surface area contributed by atoms with Gasteiger partial charge in [0.2, 0.25) is 0 Å². The Morgan fingerprint density at radius 2 is 2.38 bits per heavy atom. The van der Waals surface area contributed by atoms with Gasteiger partial charge in [-0.1, -0.05) is 0 Å². The van der Waals surface area contributed by atoms with Crippen LogP contribution < -0.4 is 5.32 Å². The fourth-order valence-corrected chi connectivity index (χ4v) is 1.80. The third kappa shape index (κ3) is 2.96. The lowest BCUT2D eigenvalue weighted by Crippen LogP contribution is -2.18. The maximum atomic E-state index is 5.40. The average molecular weight is 284 g/mol. The van der Waals surface area contributed by atoms with Crippen LogP contribution in [-0.4, -0.2) is 16.1 Å². The van der Waals surface area contributed by atoms with E-state index in [1.165, 1.54) is 0 Å². The number of imidazole rings is 1. The van der Waals surface area contributed by atoms with E-state index in [0.717, 1.165) is 35.8 Å². The van der Waals surface area contributed by atoms with Crippen LogP contribution in [0.4, 0.5) is 0 Å². The highest BCUT2D eigenvalue weighted by atomic mass is 79.9. The lowest BCUT2D eigenvalue weighted by molar-refractivity contribution is 0.478. The average Bonchev–Trinajstić information content (AvgIpc) is 2.83. The number of rotatable bonds is 5. The predicted molar refractivity (Wildman–Crippen MR) is 65.0 cm³/mol. The third-order valence-corrected chi connectivity index (χ3v) is 2.81. The van der Waals surface area contributed by atoms with Gasteiger partial charge in [-0.25, -0.2) is 4.98 Å². The second-order valence-electron chi connectivity index (χ2n) is 3.59. The Balaban J connectivity index is 1.71. The van der Waals surface area contributed by atoms with Crippen LogP contribution >= 0.6 is 15.9 Å². The summed E-state index contributed by atoms with van der Waals surface area (Å²) in [6, 6.07) is 3.89. The molecule has 0 unspecified atom stereocenters.